The molecular formula is C28H56N6O20Sn5. The molecule has 31 heteroatoms. The number of carboxylic acids is 10. The average Bonchev–Trinajstić information content (AvgIpc) is 2.86. The van der Waals surface area contributed by atoms with E-state index in [-0.39, 0.29) is 120 Å². The molecule has 0 saturated carbocycles. The maximum Gasteiger partial charge on any atom is 2.00 e. The zero-order valence-corrected chi connectivity index (χ0v) is 48.9. The van der Waals surface area contributed by atoms with Crippen LogP contribution in [0.25, 0.3) is 0 Å². The predicted molar refractivity (Wildman–Crippen MR) is 198 cm³/mol. The summed E-state index contributed by atoms with van der Waals surface area (Å²) in [6.45, 7) is 16.0. The zero-order valence-electron chi connectivity index (χ0n) is 34.6. The first-order valence-electron chi connectivity index (χ1n) is 14.1. The first kappa shape index (κ1) is 112. The molecule has 0 rings (SSSR count). The van der Waals surface area contributed by atoms with E-state index in [0.717, 1.165) is 95.4 Å². The van der Waals surface area contributed by atoms with Gasteiger partial charge in [-0.1, -0.05) is 0 Å². The average molecular weight is 1390 g/mol. The fourth-order valence-corrected chi connectivity index (χ4v) is 0.658. The van der Waals surface area contributed by atoms with Gasteiger partial charge in [0.1, 0.15) is 0 Å². The summed E-state index contributed by atoms with van der Waals surface area (Å²) < 4.78 is 0. The summed E-state index contributed by atoms with van der Waals surface area (Å²) >= 11 is 0. The molecule has 26 nitrogen and oxygen atoms in total. The Labute approximate surface area is 429 Å². The molecule has 0 aromatic rings. The van der Waals surface area contributed by atoms with E-state index in [1.54, 1.807) is 0 Å². The van der Waals surface area contributed by atoms with Crippen molar-refractivity contribution in [2.45, 2.75) is 69.2 Å². The molecule has 0 amide bonds. The molecule has 0 saturated heterocycles. The van der Waals surface area contributed by atoms with Gasteiger partial charge in [-0.3, -0.25) is 0 Å². The van der Waals surface area contributed by atoms with Crippen molar-refractivity contribution in [3.63, 3.8) is 0 Å². The molecule has 10 radical (unpaired) electrons. The third-order valence-electron chi connectivity index (χ3n) is 1.28. The fraction of sp³-hybridized carbons (Fsp3) is 0.643. The van der Waals surface area contributed by atoms with E-state index >= 15 is 0 Å². The van der Waals surface area contributed by atoms with Crippen molar-refractivity contribution in [3.8, 4) is 0 Å². The summed E-state index contributed by atoms with van der Waals surface area (Å²) in [5.74, 6) is -10.8. The molecule has 0 atom stereocenters. The molecule has 0 aliphatic rings. The number of aliphatic carboxylic acids is 10. The van der Waals surface area contributed by atoms with Crippen LogP contribution in [0.1, 0.15) is 69.2 Å². The number of rotatable bonds is 8. The van der Waals surface area contributed by atoms with E-state index < -0.39 is 59.7 Å². The Morgan fingerprint density at radius 2 is 0.322 bits per heavy atom. The smallest absolute Gasteiger partial charge is 0.550 e. The van der Waals surface area contributed by atoms with E-state index in [4.69, 9.17) is 122 Å². The van der Waals surface area contributed by atoms with Gasteiger partial charge in [-0.25, -0.2) is 0 Å². The van der Waals surface area contributed by atoms with Crippen molar-refractivity contribution in [2.24, 2.45) is 22.9 Å². The van der Waals surface area contributed by atoms with Crippen LogP contribution in [0.5, 0.6) is 0 Å². The minimum Gasteiger partial charge on any atom is -0.550 e. The first-order chi connectivity index (χ1) is 24.1. The third kappa shape index (κ3) is 4020. The van der Waals surface area contributed by atoms with E-state index in [1.807, 2.05) is 0 Å². The minimum absolute atomic E-state index is 0. The first-order valence-corrected chi connectivity index (χ1v) is 14.1. The van der Waals surface area contributed by atoms with Gasteiger partial charge >= 0.3 is 120 Å². The molecule has 0 fully saturated rings. The molecule has 0 aromatic heterocycles. The molecule has 10 N–H and O–H groups in total. The molecule has 59 heavy (non-hydrogen) atoms. The molecule has 0 aliphatic heterocycles. The Hall–Kier alpha value is -1.55. The van der Waals surface area contributed by atoms with Gasteiger partial charge in [0, 0.05) is 112 Å². The van der Waals surface area contributed by atoms with Crippen molar-refractivity contribution in [3.05, 3.63) is 0 Å². The van der Waals surface area contributed by atoms with Crippen LogP contribution in [-0.2, 0) is 47.9 Å². The SMILES string of the molecule is CC(=O)[O-].CC(=O)[O-].CC(=O)[O-].CC(=O)[O-].CC(=O)[O-].CC(=O)[O-].CC(=O)[O-].CC(=O)[O-].CC(=O)[O-].CC(=O)[O-].NCCNCCN.NCCNCCN.[Sn+2].[Sn+2].[Sn+2].[Sn+2].[Sn+2]. The van der Waals surface area contributed by atoms with E-state index in [2.05, 4.69) is 10.6 Å². The van der Waals surface area contributed by atoms with Crippen LogP contribution >= 0.6 is 0 Å². The maximum atomic E-state index is 8.89. The zero-order chi connectivity index (χ0) is 46.8. The number of hydrogen-bond donors (Lipinski definition) is 6. The molecular weight excluding hydrogens is 1330 g/mol. The van der Waals surface area contributed by atoms with Gasteiger partial charge < -0.3 is 133 Å². The molecule has 0 aliphatic carbocycles. The third-order valence-corrected chi connectivity index (χ3v) is 1.28. The van der Waals surface area contributed by atoms with Crippen LogP contribution in [0.3, 0.4) is 0 Å². The monoisotopic (exact) mass is 1400 g/mol. The Bertz CT molecular complexity index is 660. The van der Waals surface area contributed by atoms with Gasteiger partial charge in [-0.15, -0.1) is 0 Å². The second-order valence-corrected chi connectivity index (χ2v) is 7.57. The molecule has 0 unspecified atom stereocenters. The normalized spacial score (nSPS) is 6.47. The number of carbonyl (C=O) groups excluding carboxylic acids is 10. The fourth-order valence-electron chi connectivity index (χ4n) is 0.658. The van der Waals surface area contributed by atoms with E-state index in [9.17, 15) is 0 Å². The van der Waals surface area contributed by atoms with Crippen LogP contribution in [0.15, 0.2) is 0 Å². The summed E-state index contributed by atoms with van der Waals surface area (Å²) in [7, 11) is 0. The summed E-state index contributed by atoms with van der Waals surface area (Å²) in [6.07, 6.45) is 0. The maximum absolute atomic E-state index is 8.89. The Kier molecular flexibility index (Phi) is 223. The second-order valence-electron chi connectivity index (χ2n) is 7.57. The standard InChI is InChI=1S/2C4H13N3.10C2H4O2.5Sn/c2*5-1-3-7-4-2-6;10*1-2(3)4;;;;;/h2*7H,1-6H2;10*1H3,(H,3,4);;;;;/q;;;;;;;;;;;;5*+2/p-10. The predicted octanol–water partition coefficient (Wildman–Crippen LogP) is -17.4. The Balaban J connectivity index is -0.0000000217. The molecule has 338 valence electrons. The molecule has 0 heterocycles. The summed E-state index contributed by atoms with van der Waals surface area (Å²) in [5, 5.41) is 95.0. The van der Waals surface area contributed by atoms with Gasteiger partial charge in [-0.05, 0) is 69.2 Å². The van der Waals surface area contributed by atoms with Gasteiger partial charge in [0.15, 0.2) is 0 Å². The van der Waals surface area contributed by atoms with Gasteiger partial charge in [0.05, 0.1) is 0 Å². The van der Waals surface area contributed by atoms with Crippen molar-refractivity contribution in [1.29, 1.82) is 0 Å². The van der Waals surface area contributed by atoms with Crippen LogP contribution < -0.4 is 84.6 Å². The van der Waals surface area contributed by atoms with Gasteiger partial charge in [-0.2, -0.15) is 0 Å². The van der Waals surface area contributed by atoms with Gasteiger partial charge in [0.25, 0.3) is 0 Å². The topological polar surface area (TPSA) is 529 Å². The molecule has 0 spiro atoms. The van der Waals surface area contributed by atoms with Crippen molar-refractivity contribution < 1.29 is 99.0 Å². The van der Waals surface area contributed by atoms with E-state index in [0.29, 0.717) is 26.2 Å². The summed E-state index contributed by atoms with van der Waals surface area (Å²) in [4.78, 5) is 88.9. The minimum atomic E-state index is -1.08. The van der Waals surface area contributed by atoms with Crippen LogP contribution in [0, 0.1) is 0 Å². The van der Waals surface area contributed by atoms with Crippen molar-refractivity contribution in [1.82, 2.24) is 10.6 Å². The quantitative estimate of drug-likeness (QED) is 0.0971. The number of carboxylic acid groups (broad SMARTS) is 10. The number of carbonyl (C=O) groups is 10. The summed E-state index contributed by atoms with van der Waals surface area (Å²) in [6, 6.07) is 0. The van der Waals surface area contributed by atoms with Gasteiger partial charge in [0.2, 0.25) is 0 Å². The Morgan fingerprint density at radius 1 is 0.271 bits per heavy atom. The number of hydrogen-bond acceptors (Lipinski definition) is 26. The van der Waals surface area contributed by atoms with Crippen molar-refractivity contribution >= 4 is 179 Å². The Morgan fingerprint density at radius 3 is 0.356 bits per heavy atom. The summed E-state index contributed by atoms with van der Waals surface area (Å²) in [5.41, 5.74) is 20.7. The number of nitrogens with one attached hydrogen (secondary N) is 2. The second kappa shape index (κ2) is 117. The van der Waals surface area contributed by atoms with E-state index in [1.165, 1.54) is 0 Å². The van der Waals surface area contributed by atoms with Crippen molar-refractivity contribution in [2.75, 3.05) is 52.4 Å². The largest absolute Gasteiger partial charge is 2.00 e. The van der Waals surface area contributed by atoms with Crippen LogP contribution in [0.2, 0.25) is 0 Å². The number of nitrogens with two attached hydrogens (primary N) is 4. The van der Waals surface area contributed by atoms with Crippen LogP contribution in [0.4, 0.5) is 0 Å². The molecule has 0 aromatic carbocycles. The van der Waals surface area contributed by atoms with Crippen LogP contribution in [-0.4, -0.2) is 232 Å². The molecule has 0 bridgehead atoms.